The van der Waals surface area contributed by atoms with E-state index < -0.39 is 20.8 Å². The number of non-ortho nitro benzene ring substituents is 1. The standard InChI is InChI=1S/C20H17FN2O4S/c1-15-5-2-3-6-16(15)14-22(18-11-9-17(21)10-12-18)28(26,27)20-8-4-7-19(13-20)23(24)25/h2-13H,14H2,1H3. The molecule has 0 saturated heterocycles. The molecular weight excluding hydrogens is 383 g/mol. The first-order valence-electron chi connectivity index (χ1n) is 8.36. The highest BCUT2D eigenvalue weighted by molar-refractivity contribution is 7.92. The molecule has 6 nitrogen and oxygen atoms in total. The molecule has 0 saturated carbocycles. The van der Waals surface area contributed by atoms with Gasteiger partial charge in [-0.3, -0.25) is 14.4 Å². The normalized spacial score (nSPS) is 11.2. The van der Waals surface area contributed by atoms with Crippen LogP contribution >= 0.6 is 0 Å². The van der Waals surface area contributed by atoms with E-state index in [1.165, 1.54) is 42.5 Å². The minimum Gasteiger partial charge on any atom is -0.262 e. The zero-order valence-corrected chi connectivity index (χ0v) is 15.8. The van der Waals surface area contributed by atoms with Gasteiger partial charge in [0.1, 0.15) is 5.82 Å². The summed E-state index contributed by atoms with van der Waals surface area (Å²) >= 11 is 0. The quantitative estimate of drug-likeness (QED) is 0.453. The van der Waals surface area contributed by atoms with E-state index in [1.54, 1.807) is 12.1 Å². The number of sulfonamides is 1. The van der Waals surface area contributed by atoms with Gasteiger partial charge >= 0.3 is 0 Å². The fourth-order valence-corrected chi connectivity index (χ4v) is 4.23. The monoisotopic (exact) mass is 400 g/mol. The van der Waals surface area contributed by atoms with Gasteiger partial charge in [-0.1, -0.05) is 30.3 Å². The van der Waals surface area contributed by atoms with Gasteiger partial charge in [-0.15, -0.1) is 0 Å². The van der Waals surface area contributed by atoms with Gasteiger partial charge in [-0.05, 0) is 48.4 Å². The second kappa shape index (κ2) is 7.77. The number of aryl methyl sites for hydroxylation is 1. The molecule has 0 aromatic heterocycles. The number of hydrogen-bond acceptors (Lipinski definition) is 4. The topological polar surface area (TPSA) is 80.5 Å². The molecule has 0 radical (unpaired) electrons. The summed E-state index contributed by atoms with van der Waals surface area (Å²) in [5.41, 5.74) is 1.59. The molecule has 0 aliphatic heterocycles. The maximum absolute atomic E-state index is 13.4. The van der Waals surface area contributed by atoms with Crippen LogP contribution in [0.2, 0.25) is 0 Å². The van der Waals surface area contributed by atoms with Gasteiger partial charge in [0.05, 0.1) is 22.1 Å². The van der Waals surface area contributed by atoms with Crippen molar-refractivity contribution in [2.45, 2.75) is 18.4 Å². The number of nitro groups is 1. The van der Waals surface area contributed by atoms with Crippen molar-refractivity contribution in [1.82, 2.24) is 0 Å². The Morgan fingerprint density at radius 2 is 1.68 bits per heavy atom. The fraction of sp³-hybridized carbons (Fsp3) is 0.100. The zero-order chi connectivity index (χ0) is 20.3. The van der Waals surface area contributed by atoms with E-state index in [0.29, 0.717) is 0 Å². The van der Waals surface area contributed by atoms with Crippen LogP contribution < -0.4 is 4.31 Å². The van der Waals surface area contributed by atoms with Crippen molar-refractivity contribution in [3.8, 4) is 0 Å². The highest BCUT2D eigenvalue weighted by Gasteiger charge is 2.27. The van der Waals surface area contributed by atoms with Crippen molar-refractivity contribution in [2.75, 3.05) is 4.31 Å². The third-order valence-electron chi connectivity index (χ3n) is 4.31. The summed E-state index contributed by atoms with van der Waals surface area (Å²) < 4.78 is 41.1. The van der Waals surface area contributed by atoms with Crippen LogP contribution in [0.15, 0.2) is 77.7 Å². The first-order valence-corrected chi connectivity index (χ1v) is 9.80. The summed E-state index contributed by atoms with van der Waals surface area (Å²) in [6, 6.07) is 17.2. The van der Waals surface area contributed by atoms with Gasteiger partial charge in [-0.25, -0.2) is 12.8 Å². The Kier molecular flexibility index (Phi) is 5.41. The summed E-state index contributed by atoms with van der Waals surface area (Å²) in [4.78, 5) is 10.2. The molecule has 8 heteroatoms. The van der Waals surface area contributed by atoms with Crippen LogP contribution in [0.1, 0.15) is 11.1 Å². The lowest BCUT2D eigenvalue weighted by Gasteiger charge is -2.25. The van der Waals surface area contributed by atoms with E-state index in [0.717, 1.165) is 21.5 Å². The molecule has 0 heterocycles. The number of halogens is 1. The molecule has 0 amide bonds. The van der Waals surface area contributed by atoms with Gasteiger partial charge in [0.25, 0.3) is 15.7 Å². The van der Waals surface area contributed by atoms with E-state index >= 15 is 0 Å². The van der Waals surface area contributed by atoms with Gasteiger partial charge in [0, 0.05) is 12.1 Å². The third-order valence-corrected chi connectivity index (χ3v) is 6.08. The maximum Gasteiger partial charge on any atom is 0.270 e. The van der Waals surface area contributed by atoms with Crippen LogP contribution in [0.25, 0.3) is 0 Å². The lowest BCUT2D eigenvalue weighted by atomic mass is 10.1. The Bertz CT molecular complexity index is 1120. The lowest BCUT2D eigenvalue weighted by molar-refractivity contribution is -0.385. The summed E-state index contributed by atoms with van der Waals surface area (Å²) in [5, 5.41) is 11.0. The molecule has 0 atom stereocenters. The van der Waals surface area contributed by atoms with Gasteiger partial charge in [0.15, 0.2) is 0 Å². The lowest BCUT2D eigenvalue weighted by Crippen LogP contribution is -2.31. The molecule has 28 heavy (non-hydrogen) atoms. The third kappa shape index (κ3) is 4.01. The highest BCUT2D eigenvalue weighted by atomic mass is 32.2. The number of anilines is 1. The molecule has 144 valence electrons. The van der Waals surface area contributed by atoms with E-state index in [1.807, 2.05) is 19.1 Å². The minimum atomic E-state index is -4.13. The average molecular weight is 400 g/mol. The van der Waals surface area contributed by atoms with Crippen LogP contribution in [0, 0.1) is 22.9 Å². The molecule has 0 bridgehead atoms. The summed E-state index contributed by atoms with van der Waals surface area (Å²) in [5.74, 6) is -0.493. The van der Waals surface area contributed by atoms with Crippen LogP contribution in [0.3, 0.4) is 0 Å². The minimum absolute atomic E-state index is 0.00330. The number of hydrogen-bond donors (Lipinski definition) is 0. The first-order chi connectivity index (χ1) is 13.3. The Morgan fingerprint density at radius 1 is 1.00 bits per heavy atom. The molecule has 0 aliphatic rings. The molecular formula is C20H17FN2O4S. The summed E-state index contributed by atoms with van der Waals surface area (Å²) in [6.07, 6.45) is 0. The van der Waals surface area contributed by atoms with E-state index in [-0.39, 0.29) is 22.8 Å². The molecule has 3 aromatic carbocycles. The Balaban J connectivity index is 2.12. The molecule has 0 unspecified atom stereocenters. The Morgan fingerprint density at radius 3 is 2.32 bits per heavy atom. The number of benzene rings is 3. The number of nitro benzene ring substituents is 1. The van der Waals surface area contributed by atoms with Crippen LogP contribution in [0.4, 0.5) is 15.8 Å². The summed E-state index contributed by atoms with van der Waals surface area (Å²) in [7, 11) is -4.13. The van der Waals surface area contributed by atoms with Gasteiger partial charge in [-0.2, -0.15) is 0 Å². The van der Waals surface area contributed by atoms with E-state index in [4.69, 9.17) is 0 Å². The molecule has 0 spiro atoms. The smallest absolute Gasteiger partial charge is 0.262 e. The van der Waals surface area contributed by atoms with Crippen LogP contribution in [-0.4, -0.2) is 13.3 Å². The average Bonchev–Trinajstić information content (AvgIpc) is 2.68. The van der Waals surface area contributed by atoms with Crippen molar-refractivity contribution >= 4 is 21.4 Å². The SMILES string of the molecule is Cc1ccccc1CN(c1ccc(F)cc1)S(=O)(=O)c1cccc([N+](=O)[O-])c1. The van der Waals surface area contributed by atoms with Crippen LogP contribution in [0.5, 0.6) is 0 Å². The largest absolute Gasteiger partial charge is 0.270 e. The highest BCUT2D eigenvalue weighted by Crippen LogP contribution is 2.28. The van der Waals surface area contributed by atoms with Crippen molar-refractivity contribution < 1.29 is 17.7 Å². The number of nitrogens with zero attached hydrogens (tertiary/aromatic N) is 2. The van der Waals surface area contributed by atoms with E-state index in [2.05, 4.69) is 0 Å². The predicted molar refractivity (Wildman–Crippen MR) is 104 cm³/mol. The Hall–Kier alpha value is -3.26. The molecule has 0 aliphatic carbocycles. The zero-order valence-electron chi connectivity index (χ0n) is 14.9. The summed E-state index contributed by atoms with van der Waals surface area (Å²) in [6.45, 7) is 1.86. The second-order valence-electron chi connectivity index (χ2n) is 6.17. The Labute approximate surface area is 162 Å². The molecule has 3 aromatic rings. The van der Waals surface area contributed by atoms with E-state index in [9.17, 15) is 22.9 Å². The van der Waals surface area contributed by atoms with Crippen molar-refractivity contribution in [3.63, 3.8) is 0 Å². The maximum atomic E-state index is 13.4. The fourth-order valence-electron chi connectivity index (χ4n) is 2.75. The number of rotatable bonds is 6. The first kappa shape index (κ1) is 19.5. The van der Waals surface area contributed by atoms with Crippen molar-refractivity contribution in [1.29, 1.82) is 0 Å². The van der Waals surface area contributed by atoms with Crippen molar-refractivity contribution in [3.05, 3.63) is 99.9 Å². The van der Waals surface area contributed by atoms with Gasteiger partial charge < -0.3 is 0 Å². The second-order valence-corrected chi connectivity index (χ2v) is 8.03. The molecule has 3 rings (SSSR count). The molecule has 0 fully saturated rings. The van der Waals surface area contributed by atoms with Crippen LogP contribution in [-0.2, 0) is 16.6 Å². The van der Waals surface area contributed by atoms with Gasteiger partial charge in [0.2, 0.25) is 0 Å². The van der Waals surface area contributed by atoms with Crippen molar-refractivity contribution in [2.24, 2.45) is 0 Å². The molecule has 0 N–H and O–H groups in total. The predicted octanol–water partition coefficient (Wildman–Crippen LogP) is 4.44.